The van der Waals surface area contributed by atoms with E-state index in [4.69, 9.17) is 15.2 Å². The molecule has 2 N–H and O–H groups in total. The van der Waals surface area contributed by atoms with E-state index in [9.17, 15) is 4.79 Å². The second kappa shape index (κ2) is 10.2. The number of nitrogens with zero attached hydrogens (tertiary/aromatic N) is 3. The molecule has 7 nitrogen and oxygen atoms in total. The fourth-order valence-electron chi connectivity index (χ4n) is 3.13. The van der Waals surface area contributed by atoms with Crippen LogP contribution in [0.15, 0.2) is 18.5 Å². The summed E-state index contributed by atoms with van der Waals surface area (Å²) in [4.78, 5) is 14.5. The predicted molar refractivity (Wildman–Crippen MR) is 94.6 cm³/mol. The molecule has 3 heterocycles. The van der Waals surface area contributed by atoms with Gasteiger partial charge in [0.05, 0.1) is 25.3 Å². The quantitative estimate of drug-likeness (QED) is 0.831. The summed E-state index contributed by atoms with van der Waals surface area (Å²) in [6, 6.07) is 1.46. The molecule has 9 heteroatoms. The number of hydrogen-bond donors (Lipinski definition) is 1. The Kier molecular flexibility index (Phi) is 9.01. The topological polar surface area (TPSA) is 82.6 Å². The summed E-state index contributed by atoms with van der Waals surface area (Å²) in [5.41, 5.74) is 6.20. The van der Waals surface area contributed by atoms with Crippen LogP contribution in [-0.2, 0) is 20.8 Å². The average molecular weight is 381 g/mol. The molecule has 1 aromatic rings. The Morgan fingerprint density at radius 2 is 2.04 bits per heavy atom. The van der Waals surface area contributed by atoms with Gasteiger partial charge in [-0.3, -0.25) is 9.48 Å². The first kappa shape index (κ1) is 21.2. The Labute approximate surface area is 154 Å². The fraction of sp³-hybridized carbons (Fsp3) is 0.733. The summed E-state index contributed by atoms with van der Waals surface area (Å²) in [5, 5.41) is 4.18. The van der Waals surface area contributed by atoms with Crippen molar-refractivity contribution in [1.29, 1.82) is 0 Å². The molecule has 2 atom stereocenters. The van der Waals surface area contributed by atoms with E-state index in [1.807, 2.05) is 21.8 Å². The van der Waals surface area contributed by atoms with Crippen molar-refractivity contribution < 1.29 is 14.3 Å². The summed E-state index contributed by atoms with van der Waals surface area (Å²) in [6.07, 6.45) is 5.35. The van der Waals surface area contributed by atoms with E-state index in [0.29, 0.717) is 39.5 Å². The molecule has 0 saturated carbocycles. The molecule has 2 fully saturated rings. The summed E-state index contributed by atoms with van der Waals surface area (Å²) < 4.78 is 12.9. The molecule has 0 aromatic carbocycles. The molecule has 1 amide bonds. The molecule has 2 aliphatic heterocycles. The molecular formula is C15H26Cl2N4O3. The number of rotatable bonds is 4. The molecule has 0 spiro atoms. The Morgan fingerprint density at radius 1 is 1.29 bits per heavy atom. The standard InChI is InChI=1S/C15H24N4O3.2ClH/c16-14(12-2-7-21-8-3-12)15(20)18-6-9-22-13(10-18)11-19-5-1-4-17-19;;/h1,4-5,12-14H,2-3,6-11,16H2;2*1H. The van der Waals surface area contributed by atoms with E-state index in [0.717, 1.165) is 12.8 Å². The van der Waals surface area contributed by atoms with E-state index in [1.54, 1.807) is 6.20 Å². The highest BCUT2D eigenvalue weighted by Crippen LogP contribution is 2.20. The van der Waals surface area contributed by atoms with Crippen molar-refractivity contribution in [3.8, 4) is 0 Å². The highest BCUT2D eigenvalue weighted by Gasteiger charge is 2.32. The molecule has 2 aliphatic rings. The van der Waals surface area contributed by atoms with Gasteiger partial charge in [0.15, 0.2) is 0 Å². The molecule has 24 heavy (non-hydrogen) atoms. The molecule has 2 unspecified atom stereocenters. The maximum absolute atomic E-state index is 12.6. The largest absolute Gasteiger partial charge is 0.381 e. The molecule has 138 valence electrons. The van der Waals surface area contributed by atoms with Gasteiger partial charge in [-0.2, -0.15) is 5.10 Å². The van der Waals surface area contributed by atoms with Gasteiger partial charge in [0.25, 0.3) is 0 Å². The number of carbonyl (C=O) groups is 1. The van der Waals surface area contributed by atoms with Gasteiger partial charge in [-0.05, 0) is 24.8 Å². The van der Waals surface area contributed by atoms with Crippen LogP contribution in [0.2, 0.25) is 0 Å². The number of halogens is 2. The van der Waals surface area contributed by atoms with Crippen molar-refractivity contribution in [2.24, 2.45) is 11.7 Å². The van der Waals surface area contributed by atoms with Gasteiger partial charge in [0.2, 0.25) is 5.91 Å². The monoisotopic (exact) mass is 380 g/mol. The Hall–Kier alpha value is -0.860. The van der Waals surface area contributed by atoms with Crippen molar-refractivity contribution in [3.63, 3.8) is 0 Å². The van der Waals surface area contributed by atoms with E-state index < -0.39 is 6.04 Å². The summed E-state index contributed by atoms with van der Waals surface area (Å²) in [7, 11) is 0. The van der Waals surface area contributed by atoms with Gasteiger partial charge in [0.1, 0.15) is 0 Å². The van der Waals surface area contributed by atoms with Crippen LogP contribution >= 0.6 is 24.8 Å². The highest BCUT2D eigenvalue weighted by molar-refractivity contribution is 5.85. The lowest BCUT2D eigenvalue weighted by molar-refractivity contribution is -0.142. The maximum Gasteiger partial charge on any atom is 0.239 e. The van der Waals surface area contributed by atoms with E-state index in [2.05, 4.69) is 5.10 Å². The smallest absolute Gasteiger partial charge is 0.239 e. The second-order valence-electron chi connectivity index (χ2n) is 5.98. The first-order valence-electron chi connectivity index (χ1n) is 7.95. The summed E-state index contributed by atoms with van der Waals surface area (Å²) in [6.45, 7) is 3.82. The van der Waals surface area contributed by atoms with Gasteiger partial charge in [-0.1, -0.05) is 0 Å². The average Bonchev–Trinajstić information content (AvgIpc) is 3.07. The summed E-state index contributed by atoms with van der Waals surface area (Å²) in [5.74, 6) is 0.273. The minimum atomic E-state index is -0.424. The molecule has 0 radical (unpaired) electrons. The van der Waals surface area contributed by atoms with Crippen molar-refractivity contribution in [2.45, 2.75) is 31.5 Å². The lowest BCUT2D eigenvalue weighted by Gasteiger charge is -2.36. The Morgan fingerprint density at radius 3 is 2.71 bits per heavy atom. The lowest BCUT2D eigenvalue weighted by atomic mass is 9.91. The number of amides is 1. The van der Waals surface area contributed by atoms with Crippen LogP contribution in [0.1, 0.15) is 12.8 Å². The van der Waals surface area contributed by atoms with Gasteiger partial charge >= 0.3 is 0 Å². The zero-order valence-corrected chi connectivity index (χ0v) is 15.2. The van der Waals surface area contributed by atoms with Crippen molar-refractivity contribution >= 4 is 30.7 Å². The second-order valence-corrected chi connectivity index (χ2v) is 5.98. The minimum absolute atomic E-state index is 0. The van der Waals surface area contributed by atoms with Crippen LogP contribution in [0.5, 0.6) is 0 Å². The number of morpholine rings is 1. The first-order valence-corrected chi connectivity index (χ1v) is 7.95. The van der Waals surface area contributed by atoms with Crippen molar-refractivity contribution in [1.82, 2.24) is 14.7 Å². The molecule has 2 saturated heterocycles. The first-order chi connectivity index (χ1) is 10.7. The van der Waals surface area contributed by atoms with Gasteiger partial charge < -0.3 is 20.1 Å². The number of nitrogens with two attached hydrogens (primary N) is 1. The van der Waals surface area contributed by atoms with Gasteiger partial charge in [0, 0.05) is 38.7 Å². The number of ether oxygens (including phenoxy) is 2. The maximum atomic E-state index is 12.6. The van der Waals surface area contributed by atoms with Crippen molar-refractivity contribution in [2.75, 3.05) is 32.9 Å². The van der Waals surface area contributed by atoms with Crippen LogP contribution in [0.25, 0.3) is 0 Å². The van der Waals surface area contributed by atoms with E-state index >= 15 is 0 Å². The molecule has 0 bridgehead atoms. The Balaban J connectivity index is 0.00000144. The molecular weight excluding hydrogens is 355 g/mol. The highest BCUT2D eigenvalue weighted by atomic mass is 35.5. The zero-order chi connectivity index (χ0) is 15.4. The van der Waals surface area contributed by atoms with Gasteiger partial charge in [-0.25, -0.2) is 0 Å². The van der Waals surface area contributed by atoms with E-state index in [1.165, 1.54) is 0 Å². The fourth-order valence-corrected chi connectivity index (χ4v) is 3.13. The van der Waals surface area contributed by atoms with Crippen LogP contribution in [0.3, 0.4) is 0 Å². The van der Waals surface area contributed by atoms with Crippen LogP contribution in [0.4, 0.5) is 0 Å². The third-order valence-electron chi connectivity index (χ3n) is 4.46. The van der Waals surface area contributed by atoms with Crippen LogP contribution in [-0.4, -0.2) is 65.6 Å². The normalized spacial score (nSPS) is 23.0. The zero-order valence-electron chi connectivity index (χ0n) is 13.6. The minimum Gasteiger partial charge on any atom is -0.381 e. The predicted octanol–water partition coefficient (Wildman–Crippen LogP) is 0.708. The summed E-state index contributed by atoms with van der Waals surface area (Å²) >= 11 is 0. The molecule has 3 rings (SSSR count). The SMILES string of the molecule is Cl.Cl.NC(C(=O)N1CCOC(Cn2cccn2)C1)C1CCOCC1. The third-order valence-corrected chi connectivity index (χ3v) is 4.46. The van der Waals surface area contributed by atoms with Gasteiger partial charge in [-0.15, -0.1) is 24.8 Å². The van der Waals surface area contributed by atoms with Crippen molar-refractivity contribution in [3.05, 3.63) is 18.5 Å². The lowest BCUT2D eigenvalue weighted by Crippen LogP contribution is -2.54. The number of aromatic nitrogens is 2. The number of hydrogen-bond acceptors (Lipinski definition) is 5. The number of carbonyl (C=O) groups excluding carboxylic acids is 1. The Bertz CT molecular complexity index is 483. The molecule has 0 aliphatic carbocycles. The molecule has 1 aromatic heterocycles. The van der Waals surface area contributed by atoms with E-state index in [-0.39, 0.29) is 42.7 Å². The third kappa shape index (κ3) is 5.32. The van der Waals surface area contributed by atoms with Crippen LogP contribution < -0.4 is 5.73 Å². The van der Waals surface area contributed by atoms with Crippen LogP contribution in [0, 0.1) is 5.92 Å².